The summed E-state index contributed by atoms with van der Waals surface area (Å²) in [5.41, 5.74) is 0. The SMILES string of the molecule is OC1=CCCC2CC3CCCC(O)C3C(O)C12. The predicted octanol–water partition coefficient (Wildman–Crippen LogP) is 2.00. The second kappa shape index (κ2) is 4.29. The predicted molar refractivity (Wildman–Crippen MR) is 64.4 cm³/mol. The van der Waals surface area contributed by atoms with E-state index in [4.69, 9.17) is 0 Å². The summed E-state index contributed by atoms with van der Waals surface area (Å²) in [4.78, 5) is 0. The number of aliphatic hydroxyl groups excluding tert-OH is 3. The van der Waals surface area contributed by atoms with Gasteiger partial charge in [0.25, 0.3) is 0 Å². The molecule has 2 saturated carbocycles. The van der Waals surface area contributed by atoms with Crippen molar-refractivity contribution < 1.29 is 15.3 Å². The van der Waals surface area contributed by atoms with Gasteiger partial charge in [0, 0.05) is 11.8 Å². The van der Waals surface area contributed by atoms with Gasteiger partial charge < -0.3 is 15.3 Å². The van der Waals surface area contributed by atoms with E-state index in [9.17, 15) is 15.3 Å². The molecule has 0 aromatic heterocycles. The third-order valence-corrected chi connectivity index (χ3v) is 5.17. The molecule has 0 spiro atoms. The van der Waals surface area contributed by atoms with Crippen molar-refractivity contribution in [2.24, 2.45) is 23.7 Å². The van der Waals surface area contributed by atoms with E-state index in [1.165, 1.54) is 0 Å². The van der Waals surface area contributed by atoms with E-state index in [0.717, 1.165) is 38.5 Å². The van der Waals surface area contributed by atoms with Crippen LogP contribution in [0.25, 0.3) is 0 Å². The van der Waals surface area contributed by atoms with Crippen LogP contribution in [-0.2, 0) is 0 Å². The van der Waals surface area contributed by atoms with Crippen LogP contribution >= 0.6 is 0 Å². The monoisotopic (exact) mass is 238 g/mol. The molecule has 17 heavy (non-hydrogen) atoms. The van der Waals surface area contributed by atoms with E-state index in [1.807, 2.05) is 6.08 Å². The van der Waals surface area contributed by atoms with Gasteiger partial charge in [-0.05, 0) is 50.0 Å². The molecule has 3 rings (SSSR count). The molecular formula is C14H22O3. The lowest BCUT2D eigenvalue weighted by molar-refractivity contribution is -0.114. The van der Waals surface area contributed by atoms with Crippen LogP contribution in [0.2, 0.25) is 0 Å². The van der Waals surface area contributed by atoms with E-state index in [1.54, 1.807) is 0 Å². The molecule has 96 valence electrons. The van der Waals surface area contributed by atoms with Crippen molar-refractivity contribution in [2.45, 2.75) is 50.7 Å². The average molecular weight is 238 g/mol. The van der Waals surface area contributed by atoms with E-state index in [2.05, 4.69) is 0 Å². The first-order valence-electron chi connectivity index (χ1n) is 6.93. The molecule has 3 aliphatic carbocycles. The van der Waals surface area contributed by atoms with E-state index < -0.39 is 6.10 Å². The first kappa shape index (κ1) is 11.5. The molecule has 0 aromatic carbocycles. The molecule has 6 unspecified atom stereocenters. The molecule has 2 fully saturated rings. The van der Waals surface area contributed by atoms with E-state index >= 15 is 0 Å². The van der Waals surface area contributed by atoms with Gasteiger partial charge in [-0.15, -0.1) is 0 Å². The van der Waals surface area contributed by atoms with Crippen LogP contribution in [0.4, 0.5) is 0 Å². The van der Waals surface area contributed by atoms with E-state index in [-0.39, 0.29) is 17.9 Å². The third kappa shape index (κ3) is 1.80. The van der Waals surface area contributed by atoms with Crippen LogP contribution in [0.15, 0.2) is 11.8 Å². The van der Waals surface area contributed by atoms with Crippen LogP contribution in [0.3, 0.4) is 0 Å². The molecule has 0 bridgehead atoms. The summed E-state index contributed by atoms with van der Waals surface area (Å²) in [7, 11) is 0. The summed E-state index contributed by atoms with van der Waals surface area (Å²) in [6.45, 7) is 0. The maximum absolute atomic E-state index is 10.5. The zero-order valence-corrected chi connectivity index (χ0v) is 10.1. The average Bonchev–Trinajstić information content (AvgIpc) is 2.28. The van der Waals surface area contributed by atoms with Crippen molar-refractivity contribution in [3.63, 3.8) is 0 Å². The van der Waals surface area contributed by atoms with Crippen LogP contribution < -0.4 is 0 Å². The van der Waals surface area contributed by atoms with Gasteiger partial charge in [-0.3, -0.25) is 0 Å². The van der Waals surface area contributed by atoms with Crippen molar-refractivity contribution in [3.05, 3.63) is 11.8 Å². The highest BCUT2D eigenvalue weighted by molar-refractivity contribution is 5.11. The minimum atomic E-state index is -0.550. The maximum Gasteiger partial charge on any atom is 0.0942 e. The van der Waals surface area contributed by atoms with Crippen molar-refractivity contribution in [1.82, 2.24) is 0 Å². The highest BCUT2D eigenvalue weighted by Crippen LogP contribution is 2.50. The molecule has 3 nitrogen and oxygen atoms in total. The van der Waals surface area contributed by atoms with Gasteiger partial charge in [0.1, 0.15) is 0 Å². The van der Waals surface area contributed by atoms with Gasteiger partial charge in [-0.2, -0.15) is 0 Å². The number of hydrogen-bond acceptors (Lipinski definition) is 3. The summed E-state index contributed by atoms with van der Waals surface area (Å²) < 4.78 is 0. The standard InChI is InChI=1S/C14H22O3/c15-10-5-1-3-8-7-9-4-2-6-11(16)13(9)14(17)12(8)10/h5,8-9,11-17H,1-4,6-7H2. The molecule has 0 saturated heterocycles. The Kier molecular flexibility index (Phi) is 2.91. The largest absolute Gasteiger partial charge is 0.512 e. The summed E-state index contributed by atoms with van der Waals surface area (Å²) in [6.07, 6.45) is 7.01. The molecule has 0 amide bonds. The topological polar surface area (TPSA) is 60.7 Å². The summed E-state index contributed by atoms with van der Waals surface area (Å²) in [5.74, 6) is 1.11. The Morgan fingerprint density at radius 3 is 2.71 bits per heavy atom. The number of fused-ring (bicyclic) bond motifs is 2. The van der Waals surface area contributed by atoms with Gasteiger partial charge in [-0.1, -0.05) is 6.42 Å². The third-order valence-electron chi connectivity index (χ3n) is 5.17. The molecule has 0 heterocycles. The fourth-order valence-corrected chi connectivity index (χ4v) is 4.42. The Morgan fingerprint density at radius 2 is 1.88 bits per heavy atom. The van der Waals surface area contributed by atoms with Gasteiger partial charge in [-0.25, -0.2) is 0 Å². The van der Waals surface area contributed by atoms with Gasteiger partial charge in [0.05, 0.1) is 18.0 Å². The molecule has 3 aliphatic rings. The Morgan fingerprint density at radius 1 is 1.06 bits per heavy atom. The summed E-state index contributed by atoms with van der Waals surface area (Å²) in [5, 5.41) is 30.5. The first-order valence-corrected chi connectivity index (χ1v) is 6.93. The Bertz CT molecular complexity index is 325. The number of aliphatic hydroxyl groups is 3. The lowest BCUT2D eigenvalue weighted by Crippen LogP contribution is -2.51. The molecule has 0 aromatic rings. The highest BCUT2D eigenvalue weighted by Gasteiger charge is 2.49. The summed E-state index contributed by atoms with van der Waals surface area (Å²) >= 11 is 0. The van der Waals surface area contributed by atoms with Crippen LogP contribution in [0, 0.1) is 23.7 Å². The number of allylic oxidation sites excluding steroid dienone is 1. The molecule has 0 aliphatic heterocycles. The van der Waals surface area contributed by atoms with Gasteiger partial charge >= 0.3 is 0 Å². The Balaban J connectivity index is 1.87. The van der Waals surface area contributed by atoms with Crippen LogP contribution in [0.5, 0.6) is 0 Å². The highest BCUT2D eigenvalue weighted by atomic mass is 16.3. The normalized spacial score (nSPS) is 50.1. The quantitative estimate of drug-likeness (QED) is 0.605. The fraction of sp³-hybridized carbons (Fsp3) is 0.857. The molecule has 3 heteroatoms. The molecule has 0 radical (unpaired) electrons. The summed E-state index contributed by atoms with van der Waals surface area (Å²) in [6, 6.07) is 0. The van der Waals surface area contributed by atoms with E-state index in [0.29, 0.717) is 17.6 Å². The number of rotatable bonds is 0. The first-order chi connectivity index (χ1) is 8.18. The van der Waals surface area contributed by atoms with Crippen molar-refractivity contribution in [1.29, 1.82) is 0 Å². The molecule has 6 atom stereocenters. The van der Waals surface area contributed by atoms with Crippen molar-refractivity contribution >= 4 is 0 Å². The second-order valence-electron chi connectivity index (χ2n) is 6.05. The lowest BCUT2D eigenvalue weighted by Gasteiger charge is -2.49. The number of hydrogen-bond donors (Lipinski definition) is 3. The van der Waals surface area contributed by atoms with Crippen LogP contribution in [0.1, 0.15) is 38.5 Å². The minimum absolute atomic E-state index is 0.0151. The van der Waals surface area contributed by atoms with Crippen LogP contribution in [-0.4, -0.2) is 27.5 Å². The second-order valence-corrected chi connectivity index (χ2v) is 6.05. The molecule has 3 N–H and O–H groups in total. The zero-order valence-electron chi connectivity index (χ0n) is 10.1. The Labute approximate surface area is 102 Å². The smallest absolute Gasteiger partial charge is 0.0942 e. The Hall–Kier alpha value is -0.540. The fourth-order valence-electron chi connectivity index (χ4n) is 4.42. The van der Waals surface area contributed by atoms with Crippen molar-refractivity contribution in [2.75, 3.05) is 0 Å². The lowest BCUT2D eigenvalue weighted by atomic mass is 9.58. The van der Waals surface area contributed by atoms with Crippen molar-refractivity contribution in [3.8, 4) is 0 Å². The van der Waals surface area contributed by atoms with Gasteiger partial charge in [0.15, 0.2) is 0 Å². The minimum Gasteiger partial charge on any atom is -0.512 e. The molecular weight excluding hydrogens is 216 g/mol. The zero-order chi connectivity index (χ0) is 12.0. The van der Waals surface area contributed by atoms with Gasteiger partial charge in [0.2, 0.25) is 0 Å². The maximum atomic E-state index is 10.5.